The van der Waals surface area contributed by atoms with E-state index in [4.69, 9.17) is 0 Å². The quantitative estimate of drug-likeness (QED) is 0.804. The van der Waals surface area contributed by atoms with Gasteiger partial charge in [0, 0.05) is 19.6 Å². The molecule has 2 N–H and O–H groups in total. The Morgan fingerprint density at radius 2 is 1.90 bits per heavy atom. The van der Waals surface area contributed by atoms with E-state index in [-0.39, 0.29) is 6.03 Å². The molecule has 1 rings (SSSR count). The molecule has 2 amide bonds. The van der Waals surface area contributed by atoms with Crippen molar-refractivity contribution in [3.05, 3.63) is 35.4 Å². The van der Waals surface area contributed by atoms with Crippen LogP contribution in [0.2, 0.25) is 0 Å². The number of nitrogens with one attached hydrogen (secondary N) is 2. The summed E-state index contributed by atoms with van der Waals surface area (Å²) in [5, 5.41) is 5.76. The number of benzene rings is 1. The number of carbonyl (C=O) groups excluding carboxylic acids is 1. The molecular weight excluding hydrogens is 250 g/mol. The van der Waals surface area contributed by atoms with Gasteiger partial charge in [0.25, 0.3) is 0 Å². The Balaban J connectivity index is 2.35. The van der Waals surface area contributed by atoms with Gasteiger partial charge in [0.1, 0.15) is 0 Å². The highest BCUT2D eigenvalue weighted by Gasteiger charge is 2.02. The normalized spacial score (nSPS) is 10.9. The van der Waals surface area contributed by atoms with Crippen LogP contribution in [-0.4, -0.2) is 31.6 Å². The second-order valence-electron chi connectivity index (χ2n) is 5.85. The fourth-order valence-corrected chi connectivity index (χ4v) is 1.92. The lowest BCUT2D eigenvalue weighted by Crippen LogP contribution is -2.35. The van der Waals surface area contributed by atoms with Crippen molar-refractivity contribution in [2.45, 2.75) is 33.4 Å². The van der Waals surface area contributed by atoms with Crippen molar-refractivity contribution in [1.29, 1.82) is 0 Å². The van der Waals surface area contributed by atoms with E-state index >= 15 is 0 Å². The molecule has 0 bridgehead atoms. The smallest absolute Gasteiger partial charge is 0.315 e. The fourth-order valence-electron chi connectivity index (χ4n) is 1.92. The van der Waals surface area contributed by atoms with Gasteiger partial charge in [-0.25, -0.2) is 4.79 Å². The number of hydrogen-bond donors (Lipinski definition) is 2. The third-order valence-corrected chi connectivity index (χ3v) is 2.95. The van der Waals surface area contributed by atoms with Gasteiger partial charge in [-0.1, -0.05) is 38.1 Å². The topological polar surface area (TPSA) is 44.4 Å². The van der Waals surface area contributed by atoms with E-state index in [0.29, 0.717) is 12.5 Å². The molecule has 0 saturated heterocycles. The number of nitrogens with zero attached hydrogens (tertiary/aromatic N) is 1. The van der Waals surface area contributed by atoms with E-state index in [0.717, 1.165) is 25.1 Å². The highest BCUT2D eigenvalue weighted by Crippen LogP contribution is 2.06. The van der Waals surface area contributed by atoms with E-state index in [1.807, 2.05) is 26.2 Å². The van der Waals surface area contributed by atoms with Crippen molar-refractivity contribution in [1.82, 2.24) is 15.5 Å². The highest BCUT2D eigenvalue weighted by molar-refractivity contribution is 5.73. The summed E-state index contributed by atoms with van der Waals surface area (Å²) in [7, 11) is 4.10. The van der Waals surface area contributed by atoms with Crippen molar-refractivity contribution < 1.29 is 4.79 Å². The van der Waals surface area contributed by atoms with Crippen LogP contribution in [0, 0.1) is 5.92 Å². The zero-order valence-electron chi connectivity index (χ0n) is 13.1. The number of hydrogen-bond acceptors (Lipinski definition) is 2. The minimum absolute atomic E-state index is 0.0938. The molecule has 0 saturated carbocycles. The first-order chi connectivity index (χ1) is 9.47. The molecule has 0 fully saturated rings. The van der Waals surface area contributed by atoms with Gasteiger partial charge >= 0.3 is 6.03 Å². The van der Waals surface area contributed by atoms with Gasteiger partial charge in [-0.2, -0.15) is 0 Å². The molecule has 0 atom stereocenters. The van der Waals surface area contributed by atoms with Crippen molar-refractivity contribution in [2.75, 3.05) is 20.6 Å². The second-order valence-corrected chi connectivity index (χ2v) is 5.85. The predicted molar refractivity (Wildman–Crippen MR) is 83.5 cm³/mol. The van der Waals surface area contributed by atoms with E-state index in [1.165, 1.54) is 5.56 Å². The molecule has 4 nitrogen and oxygen atoms in total. The predicted octanol–water partition coefficient (Wildman–Crippen LogP) is 2.59. The minimum Gasteiger partial charge on any atom is -0.338 e. The molecule has 0 aliphatic carbocycles. The van der Waals surface area contributed by atoms with E-state index < -0.39 is 0 Å². The second kappa shape index (κ2) is 8.59. The third-order valence-electron chi connectivity index (χ3n) is 2.95. The molecule has 20 heavy (non-hydrogen) atoms. The van der Waals surface area contributed by atoms with Gasteiger partial charge in [0.2, 0.25) is 0 Å². The van der Waals surface area contributed by atoms with E-state index in [1.54, 1.807) is 0 Å². The minimum atomic E-state index is -0.0938. The zero-order chi connectivity index (χ0) is 15.0. The Labute approximate surface area is 122 Å². The molecule has 4 heteroatoms. The van der Waals surface area contributed by atoms with Crippen LogP contribution in [0.4, 0.5) is 4.79 Å². The van der Waals surface area contributed by atoms with Gasteiger partial charge in [-0.15, -0.1) is 0 Å². The van der Waals surface area contributed by atoms with Gasteiger partial charge in [0.05, 0.1) is 0 Å². The summed E-state index contributed by atoms with van der Waals surface area (Å²) in [4.78, 5) is 13.8. The first kappa shape index (κ1) is 16.5. The van der Waals surface area contributed by atoms with Crippen LogP contribution >= 0.6 is 0 Å². The zero-order valence-corrected chi connectivity index (χ0v) is 13.1. The fraction of sp³-hybridized carbons (Fsp3) is 0.562. The Morgan fingerprint density at radius 1 is 1.20 bits per heavy atom. The summed E-state index contributed by atoms with van der Waals surface area (Å²) in [6, 6.07) is 8.21. The molecule has 112 valence electrons. The number of rotatable bonds is 7. The van der Waals surface area contributed by atoms with Crippen molar-refractivity contribution >= 4 is 6.03 Å². The van der Waals surface area contributed by atoms with Crippen LogP contribution in [0.15, 0.2) is 24.3 Å². The maximum Gasteiger partial charge on any atom is 0.315 e. The molecule has 0 radical (unpaired) electrons. The van der Waals surface area contributed by atoms with Gasteiger partial charge in [-0.3, -0.25) is 0 Å². The van der Waals surface area contributed by atoms with Crippen LogP contribution in [0.3, 0.4) is 0 Å². The molecule has 0 aromatic heterocycles. The molecule has 1 aromatic rings. The molecule has 1 aromatic carbocycles. The monoisotopic (exact) mass is 277 g/mol. The molecular formula is C16H27N3O. The van der Waals surface area contributed by atoms with Crippen LogP contribution in [0.5, 0.6) is 0 Å². The molecule has 0 aliphatic rings. The van der Waals surface area contributed by atoms with Crippen LogP contribution < -0.4 is 10.6 Å². The van der Waals surface area contributed by atoms with Crippen molar-refractivity contribution in [3.63, 3.8) is 0 Å². The lowest BCUT2D eigenvalue weighted by Gasteiger charge is -2.12. The number of amides is 2. The standard InChI is InChI=1S/C16H27N3O/c1-13(2)8-9-17-16(20)18-11-14-6-5-7-15(10-14)12-19(3)4/h5-7,10,13H,8-9,11-12H2,1-4H3,(H2,17,18,20). The number of carbonyl (C=O) groups is 1. The summed E-state index contributed by atoms with van der Waals surface area (Å²) in [5.41, 5.74) is 2.39. The SMILES string of the molecule is CC(C)CCNC(=O)NCc1cccc(CN(C)C)c1. The average Bonchev–Trinajstić information content (AvgIpc) is 2.35. The largest absolute Gasteiger partial charge is 0.338 e. The van der Waals surface area contributed by atoms with E-state index in [9.17, 15) is 4.79 Å². The summed E-state index contributed by atoms with van der Waals surface area (Å²) in [6.45, 7) is 6.50. The van der Waals surface area contributed by atoms with Crippen molar-refractivity contribution in [3.8, 4) is 0 Å². The Kier molecular flexibility index (Phi) is 7.09. The van der Waals surface area contributed by atoms with Gasteiger partial charge in [-0.05, 0) is 37.6 Å². The van der Waals surface area contributed by atoms with Crippen LogP contribution in [0.1, 0.15) is 31.4 Å². The Hall–Kier alpha value is -1.55. The van der Waals surface area contributed by atoms with E-state index in [2.05, 4.69) is 41.5 Å². The van der Waals surface area contributed by atoms with Crippen molar-refractivity contribution in [2.24, 2.45) is 5.92 Å². The van der Waals surface area contributed by atoms with Crippen LogP contribution in [0.25, 0.3) is 0 Å². The molecule has 0 spiro atoms. The average molecular weight is 277 g/mol. The molecule has 0 heterocycles. The van der Waals surface area contributed by atoms with Gasteiger partial charge in [0.15, 0.2) is 0 Å². The first-order valence-corrected chi connectivity index (χ1v) is 7.21. The molecule has 0 aliphatic heterocycles. The lowest BCUT2D eigenvalue weighted by molar-refractivity contribution is 0.240. The first-order valence-electron chi connectivity index (χ1n) is 7.21. The maximum atomic E-state index is 11.6. The number of urea groups is 1. The summed E-state index contributed by atoms with van der Waals surface area (Å²) < 4.78 is 0. The lowest BCUT2D eigenvalue weighted by atomic mass is 10.1. The Bertz CT molecular complexity index is 416. The Morgan fingerprint density at radius 3 is 2.55 bits per heavy atom. The summed E-state index contributed by atoms with van der Waals surface area (Å²) in [5.74, 6) is 0.609. The maximum absolute atomic E-state index is 11.6. The van der Waals surface area contributed by atoms with Crippen LogP contribution in [-0.2, 0) is 13.1 Å². The highest BCUT2D eigenvalue weighted by atomic mass is 16.2. The third kappa shape index (κ3) is 7.14. The summed E-state index contributed by atoms with van der Waals surface area (Å²) in [6.07, 6.45) is 1.01. The molecule has 0 unspecified atom stereocenters. The summed E-state index contributed by atoms with van der Waals surface area (Å²) >= 11 is 0. The van der Waals surface area contributed by atoms with Gasteiger partial charge < -0.3 is 15.5 Å².